The molecule has 3 unspecified atom stereocenters. The average Bonchev–Trinajstić information content (AvgIpc) is 2.54. The van der Waals surface area contributed by atoms with Gasteiger partial charge in [0.2, 0.25) is 0 Å². The smallest absolute Gasteiger partial charge is 0.00864 e. The van der Waals surface area contributed by atoms with E-state index in [9.17, 15) is 0 Å². The molecular formula is C22H30N2. The van der Waals surface area contributed by atoms with E-state index in [1.807, 2.05) is 0 Å². The van der Waals surface area contributed by atoms with E-state index < -0.39 is 0 Å². The van der Waals surface area contributed by atoms with Gasteiger partial charge >= 0.3 is 0 Å². The van der Waals surface area contributed by atoms with E-state index in [1.54, 1.807) is 11.1 Å². The molecule has 0 aromatic heterocycles. The number of rotatable bonds is 2. The van der Waals surface area contributed by atoms with Crippen molar-refractivity contribution < 1.29 is 0 Å². The first-order chi connectivity index (χ1) is 11.6. The zero-order valence-corrected chi connectivity index (χ0v) is 14.6. The second-order valence-electron chi connectivity index (χ2n) is 9.12. The van der Waals surface area contributed by atoms with Crippen molar-refractivity contribution in [3.05, 3.63) is 46.8 Å². The third-order valence-electron chi connectivity index (χ3n) is 7.55. The van der Waals surface area contributed by atoms with Gasteiger partial charge in [-0.05, 0) is 105 Å². The molecule has 0 heterocycles. The minimum Gasteiger partial charge on any atom is -0.402 e. The topological polar surface area (TPSA) is 52.0 Å². The van der Waals surface area contributed by atoms with Crippen molar-refractivity contribution in [3.8, 4) is 0 Å². The highest BCUT2D eigenvalue weighted by Crippen LogP contribution is 2.67. The first kappa shape index (κ1) is 14.9. The van der Waals surface area contributed by atoms with Crippen LogP contribution in [-0.2, 0) is 0 Å². The zero-order valence-electron chi connectivity index (χ0n) is 14.6. The van der Waals surface area contributed by atoms with E-state index >= 15 is 0 Å². The van der Waals surface area contributed by atoms with Gasteiger partial charge in [-0.2, -0.15) is 0 Å². The van der Waals surface area contributed by atoms with Crippen molar-refractivity contribution in [1.82, 2.24) is 0 Å². The van der Waals surface area contributed by atoms with Crippen molar-refractivity contribution in [2.45, 2.75) is 57.8 Å². The molecule has 0 radical (unpaired) electrons. The molecule has 6 aliphatic carbocycles. The van der Waals surface area contributed by atoms with Gasteiger partial charge in [0.05, 0.1) is 0 Å². The van der Waals surface area contributed by atoms with Crippen LogP contribution in [0, 0.1) is 29.1 Å². The number of hydrogen-bond donors (Lipinski definition) is 2. The summed E-state index contributed by atoms with van der Waals surface area (Å²) in [5.74, 6) is 3.43. The Morgan fingerprint density at radius 3 is 2.17 bits per heavy atom. The van der Waals surface area contributed by atoms with Crippen LogP contribution in [0.25, 0.3) is 0 Å². The third kappa shape index (κ3) is 2.14. The van der Waals surface area contributed by atoms with Gasteiger partial charge in [-0.15, -0.1) is 0 Å². The van der Waals surface area contributed by atoms with Crippen LogP contribution in [0.4, 0.5) is 0 Å². The Kier molecular flexibility index (Phi) is 3.27. The fourth-order valence-electron chi connectivity index (χ4n) is 7.09. The highest BCUT2D eigenvalue weighted by Gasteiger charge is 2.58. The van der Waals surface area contributed by atoms with E-state index in [2.05, 4.69) is 24.3 Å². The van der Waals surface area contributed by atoms with Crippen LogP contribution in [0.15, 0.2) is 46.8 Å². The second-order valence-corrected chi connectivity index (χ2v) is 9.12. The van der Waals surface area contributed by atoms with Crippen molar-refractivity contribution in [2.75, 3.05) is 0 Å². The molecule has 3 atom stereocenters. The molecule has 0 aromatic rings. The molecule has 2 nitrogen and oxygen atoms in total. The summed E-state index contributed by atoms with van der Waals surface area (Å²) in [4.78, 5) is 0. The van der Waals surface area contributed by atoms with Gasteiger partial charge in [0, 0.05) is 16.8 Å². The lowest BCUT2D eigenvalue weighted by atomic mass is 9.41. The van der Waals surface area contributed by atoms with Crippen molar-refractivity contribution in [3.63, 3.8) is 0 Å². The van der Waals surface area contributed by atoms with Crippen LogP contribution in [-0.4, -0.2) is 0 Å². The van der Waals surface area contributed by atoms with Crippen LogP contribution in [0.3, 0.4) is 0 Å². The van der Waals surface area contributed by atoms with Gasteiger partial charge in [0.1, 0.15) is 0 Å². The maximum Gasteiger partial charge on any atom is 0.00864 e. The van der Waals surface area contributed by atoms with Gasteiger partial charge in [-0.25, -0.2) is 0 Å². The van der Waals surface area contributed by atoms with Crippen molar-refractivity contribution >= 4 is 0 Å². The molecule has 4 saturated carbocycles. The molecule has 6 rings (SSSR count). The van der Waals surface area contributed by atoms with Gasteiger partial charge < -0.3 is 11.5 Å². The Morgan fingerprint density at radius 2 is 1.50 bits per heavy atom. The molecule has 0 aliphatic heterocycles. The van der Waals surface area contributed by atoms with Crippen LogP contribution in [0.1, 0.15) is 57.8 Å². The Labute approximate surface area is 145 Å². The van der Waals surface area contributed by atoms with Crippen LogP contribution in [0.2, 0.25) is 0 Å². The highest BCUT2D eigenvalue weighted by molar-refractivity contribution is 5.42. The van der Waals surface area contributed by atoms with Crippen molar-refractivity contribution in [1.29, 1.82) is 0 Å². The maximum absolute atomic E-state index is 6.26. The highest BCUT2D eigenvalue weighted by atomic mass is 14.6. The third-order valence-corrected chi connectivity index (χ3v) is 7.55. The molecular weight excluding hydrogens is 292 g/mol. The van der Waals surface area contributed by atoms with Gasteiger partial charge in [0.25, 0.3) is 0 Å². The Balaban J connectivity index is 1.61. The minimum atomic E-state index is 0.347. The van der Waals surface area contributed by atoms with Crippen LogP contribution < -0.4 is 11.5 Å². The SMILES string of the molecule is NC1=CC(C2C3CC4CC(C3)CC2(C2=CCCC(N)=C2)C4)=CCC1. The van der Waals surface area contributed by atoms with E-state index in [4.69, 9.17) is 11.5 Å². The molecule has 0 spiro atoms. The van der Waals surface area contributed by atoms with Crippen LogP contribution >= 0.6 is 0 Å². The summed E-state index contributed by atoms with van der Waals surface area (Å²) in [5.41, 5.74) is 18.2. The Bertz CT molecular complexity index is 664. The van der Waals surface area contributed by atoms with Crippen LogP contribution in [0.5, 0.6) is 0 Å². The largest absolute Gasteiger partial charge is 0.402 e. The predicted molar refractivity (Wildman–Crippen MR) is 98.7 cm³/mol. The monoisotopic (exact) mass is 322 g/mol. The Hall–Kier alpha value is -1.44. The molecule has 0 amide bonds. The number of hydrogen-bond acceptors (Lipinski definition) is 2. The molecule has 4 fully saturated rings. The molecule has 24 heavy (non-hydrogen) atoms. The molecule has 0 aromatic carbocycles. The van der Waals surface area contributed by atoms with E-state index in [1.165, 1.54) is 32.1 Å². The summed E-state index contributed by atoms with van der Waals surface area (Å²) in [7, 11) is 0. The second kappa shape index (κ2) is 5.28. The van der Waals surface area contributed by atoms with E-state index in [0.29, 0.717) is 11.3 Å². The first-order valence-electron chi connectivity index (χ1n) is 9.97. The summed E-state index contributed by atoms with van der Waals surface area (Å²) >= 11 is 0. The van der Waals surface area contributed by atoms with E-state index in [0.717, 1.165) is 54.8 Å². The molecule has 0 saturated heterocycles. The van der Waals surface area contributed by atoms with Crippen molar-refractivity contribution in [2.24, 2.45) is 40.6 Å². The average molecular weight is 322 g/mol. The summed E-state index contributed by atoms with van der Waals surface area (Å²) in [6.07, 6.45) is 21.2. The summed E-state index contributed by atoms with van der Waals surface area (Å²) < 4.78 is 0. The van der Waals surface area contributed by atoms with Gasteiger partial charge in [-0.1, -0.05) is 12.2 Å². The molecule has 4 bridgehead atoms. The first-order valence-corrected chi connectivity index (χ1v) is 9.97. The minimum absolute atomic E-state index is 0.347. The quantitative estimate of drug-likeness (QED) is 0.783. The molecule has 2 heteroatoms. The normalized spacial score (nSPS) is 43.8. The predicted octanol–water partition coefficient (Wildman–Crippen LogP) is 4.55. The maximum atomic E-state index is 6.26. The Morgan fingerprint density at radius 1 is 0.833 bits per heavy atom. The molecule has 6 aliphatic rings. The lowest BCUT2D eigenvalue weighted by Crippen LogP contribution is -2.54. The fourth-order valence-corrected chi connectivity index (χ4v) is 7.09. The van der Waals surface area contributed by atoms with E-state index in [-0.39, 0.29) is 0 Å². The lowest BCUT2D eigenvalue weighted by Gasteiger charge is -2.63. The lowest BCUT2D eigenvalue weighted by molar-refractivity contribution is -0.0696. The summed E-state index contributed by atoms with van der Waals surface area (Å²) in [6, 6.07) is 0. The summed E-state index contributed by atoms with van der Waals surface area (Å²) in [6.45, 7) is 0. The fraction of sp³-hybridized carbons (Fsp3) is 0.636. The molecule has 128 valence electrons. The standard InChI is InChI=1S/C22H30N2/c23-19-5-1-3-16(10-19)21-17-8-14-7-15(9-17)13-22(21,12-14)18-4-2-6-20(24)11-18/h3-4,10-11,14-15,17,21H,1-2,5-9,12-13,23-24H2. The zero-order chi connectivity index (χ0) is 16.3. The number of nitrogens with two attached hydrogens (primary N) is 2. The molecule has 4 N–H and O–H groups in total. The van der Waals surface area contributed by atoms with Gasteiger partial charge in [0.15, 0.2) is 0 Å². The summed E-state index contributed by atoms with van der Waals surface area (Å²) in [5, 5.41) is 0. The number of allylic oxidation sites excluding steroid dienone is 8. The van der Waals surface area contributed by atoms with Gasteiger partial charge in [-0.3, -0.25) is 0 Å².